The van der Waals surface area contributed by atoms with Gasteiger partial charge in [-0.05, 0) is 25.0 Å². The molecule has 0 N–H and O–H groups in total. The number of Topliss-reactive ketones (excluding diaryl/α,β-unsaturated/α-hetero) is 1. The number of benzene rings is 1. The Morgan fingerprint density at radius 3 is 2.29 bits per heavy atom. The first kappa shape index (κ1) is 12.0. The van der Waals surface area contributed by atoms with E-state index < -0.39 is 0 Å². The Hall–Kier alpha value is -1.51. The highest BCUT2D eigenvalue weighted by Crippen LogP contribution is 2.40. The van der Waals surface area contributed by atoms with Crippen LogP contribution in [0.15, 0.2) is 18.2 Å². The number of hydrogen-bond acceptors (Lipinski definition) is 3. The highest BCUT2D eigenvalue weighted by Gasteiger charge is 2.29. The number of hydrogen-bond donors (Lipinski definition) is 0. The molecule has 0 radical (unpaired) electrons. The smallest absolute Gasteiger partial charge is 0.140 e. The molecule has 1 saturated carbocycles. The lowest BCUT2D eigenvalue weighted by atomic mass is 9.82. The third-order valence-electron chi connectivity index (χ3n) is 3.37. The van der Waals surface area contributed by atoms with Crippen molar-refractivity contribution < 1.29 is 14.3 Å². The normalized spacial score (nSPS) is 20.1. The first-order valence-corrected chi connectivity index (χ1v) is 6.01. The predicted octanol–water partition coefficient (Wildman–Crippen LogP) is 2.93. The van der Waals surface area contributed by atoms with Crippen molar-refractivity contribution in [2.24, 2.45) is 0 Å². The van der Waals surface area contributed by atoms with Crippen LogP contribution in [0.3, 0.4) is 0 Å². The SMILES string of the molecule is COc1cccc(OC)c1C1CCCCC1=O. The predicted molar refractivity (Wildman–Crippen MR) is 65.8 cm³/mol. The monoisotopic (exact) mass is 234 g/mol. The van der Waals surface area contributed by atoms with Gasteiger partial charge in [-0.2, -0.15) is 0 Å². The third-order valence-corrected chi connectivity index (χ3v) is 3.37. The van der Waals surface area contributed by atoms with E-state index in [1.807, 2.05) is 18.2 Å². The molecule has 92 valence electrons. The molecule has 1 fully saturated rings. The molecule has 1 atom stereocenters. The lowest BCUT2D eigenvalue weighted by Gasteiger charge is -2.24. The van der Waals surface area contributed by atoms with E-state index in [4.69, 9.17) is 9.47 Å². The van der Waals surface area contributed by atoms with Crippen LogP contribution < -0.4 is 9.47 Å². The van der Waals surface area contributed by atoms with E-state index in [1.54, 1.807) is 14.2 Å². The molecule has 0 aromatic heterocycles. The Kier molecular flexibility index (Phi) is 3.67. The number of ketones is 1. The van der Waals surface area contributed by atoms with Gasteiger partial charge < -0.3 is 9.47 Å². The van der Waals surface area contributed by atoms with Crippen molar-refractivity contribution in [3.63, 3.8) is 0 Å². The summed E-state index contributed by atoms with van der Waals surface area (Å²) < 4.78 is 10.7. The molecule has 0 aliphatic heterocycles. The van der Waals surface area contributed by atoms with Crippen molar-refractivity contribution >= 4 is 5.78 Å². The maximum Gasteiger partial charge on any atom is 0.140 e. The molecule has 0 heterocycles. The summed E-state index contributed by atoms with van der Waals surface area (Å²) in [7, 11) is 3.26. The van der Waals surface area contributed by atoms with Crippen LogP contribution in [0.2, 0.25) is 0 Å². The fourth-order valence-electron chi connectivity index (χ4n) is 2.51. The summed E-state index contributed by atoms with van der Waals surface area (Å²) in [6.07, 6.45) is 3.67. The second-order valence-corrected chi connectivity index (χ2v) is 4.34. The van der Waals surface area contributed by atoms with E-state index in [-0.39, 0.29) is 5.92 Å². The Bertz CT molecular complexity index is 390. The van der Waals surface area contributed by atoms with Gasteiger partial charge in [0.05, 0.1) is 14.2 Å². The highest BCUT2D eigenvalue weighted by atomic mass is 16.5. The average molecular weight is 234 g/mol. The number of carbonyl (C=O) groups excluding carboxylic acids is 1. The summed E-state index contributed by atoms with van der Waals surface area (Å²) in [5.74, 6) is 1.75. The molecule has 1 aromatic carbocycles. The minimum absolute atomic E-state index is 0.0603. The van der Waals surface area contributed by atoms with Crippen molar-refractivity contribution in [2.75, 3.05) is 14.2 Å². The molecule has 0 saturated heterocycles. The molecule has 1 aromatic rings. The van der Waals surface area contributed by atoms with Gasteiger partial charge in [-0.3, -0.25) is 4.79 Å². The van der Waals surface area contributed by atoms with Gasteiger partial charge in [0.1, 0.15) is 17.3 Å². The lowest BCUT2D eigenvalue weighted by Crippen LogP contribution is -2.18. The molecule has 3 nitrogen and oxygen atoms in total. The molecule has 2 rings (SSSR count). The van der Waals surface area contributed by atoms with Crippen molar-refractivity contribution in [1.29, 1.82) is 0 Å². The van der Waals surface area contributed by atoms with Gasteiger partial charge in [0.2, 0.25) is 0 Å². The maximum atomic E-state index is 12.0. The van der Waals surface area contributed by atoms with E-state index in [0.29, 0.717) is 12.2 Å². The summed E-state index contributed by atoms with van der Waals surface area (Å²) in [5.41, 5.74) is 0.919. The van der Waals surface area contributed by atoms with Crippen LogP contribution in [-0.4, -0.2) is 20.0 Å². The lowest BCUT2D eigenvalue weighted by molar-refractivity contribution is -0.121. The molecular weight excluding hydrogens is 216 g/mol. The van der Waals surface area contributed by atoms with Crippen LogP contribution in [-0.2, 0) is 4.79 Å². The molecule has 0 spiro atoms. The second-order valence-electron chi connectivity index (χ2n) is 4.34. The van der Waals surface area contributed by atoms with Gasteiger partial charge in [0, 0.05) is 17.9 Å². The highest BCUT2D eigenvalue weighted by molar-refractivity contribution is 5.88. The van der Waals surface area contributed by atoms with Crippen molar-refractivity contribution in [3.8, 4) is 11.5 Å². The molecule has 1 aliphatic rings. The van der Waals surface area contributed by atoms with E-state index in [9.17, 15) is 4.79 Å². The minimum Gasteiger partial charge on any atom is -0.496 e. The van der Waals surface area contributed by atoms with Gasteiger partial charge in [-0.1, -0.05) is 12.5 Å². The first-order chi connectivity index (χ1) is 8.27. The largest absolute Gasteiger partial charge is 0.496 e. The molecule has 1 unspecified atom stereocenters. The van der Waals surface area contributed by atoms with Gasteiger partial charge in [0.15, 0.2) is 0 Å². The van der Waals surface area contributed by atoms with Crippen molar-refractivity contribution in [2.45, 2.75) is 31.6 Å². The number of ether oxygens (including phenoxy) is 2. The number of rotatable bonds is 3. The summed E-state index contributed by atoms with van der Waals surface area (Å²) in [4.78, 5) is 12.0. The zero-order chi connectivity index (χ0) is 12.3. The molecule has 17 heavy (non-hydrogen) atoms. The van der Waals surface area contributed by atoms with E-state index in [1.165, 1.54) is 0 Å². The van der Waals surface area contributed by atoms with Crippen molar-refractivity contribution in [3.05, 3.63) is 23.8 Å². The zero-order valence-corrected chi connectivity index (χ0v) is 10.4. The zero-order valence-electron chi connectivity index (χ0n) is 10.4. The van der Waals surface area contributed by atoms with Crippen LogP contribution in [0, 0.1) is 0 Å². The second kappa shape index (κ2) is 5.21. The summed E-state index contributed by atoms with van der Waals surface area (Å²) >= 11 is 0. The molecular formula is C14H18O3. The average Bonchev–Trinajstić information content (AvgIpc) is 2.38. The Labute approximate surface area is 102 Å². The standard InChI is InChI=1S/C14H18O3/c1-16-12-8-5-9-13(17-2)14(12)10-6-3-4-7-11(10)15/h5,8-10H,3-4,6-7H2,1-2H3. The maximum absolute atomic E-state index is 12.0. The topological polar surface area (TPSA) is 35.5 Å². The van der Waals surface area contributed by atoms with Crippen LogP contribution in [0.25, 0.3) is 0 Å². The quantitative estimate of drug-likeness (QED) is 0.806. The van der Waals surface area contributed by atoms with Crippen LogP contribution in [0.1, 0.15) is 37.2 Å². The van der Waals surface area contributed by atoms with Crippen molar-refractivity contribution in [1.82, 2.24) is 0 Å². The van der Waals surface area contributed by atoms with Crippen LogP contribution in [0.5, 0.6) is 11.5 Å². The summed E-state index contributed by atoms with van der Waals surface area (Å²) in [6.45, 7) is 0. The fraction of sp³-hybridized carbons (Fsp3) is 0.500. The third kappa shape index (κ3) is 2.28. The van der Waals surface area contributed by atoms with Gasteiger partial charge in [-0.15, -0.1) is 0 Å². The number of methoxy groups -OCH3 is 2. The van der Waals surface area contributed by atoms with Crippen LogP contribution >= 0.6 is 0 Å². The fourth-order valence-corrected chi connectivity index (χ4v) is 2.51. The van der Waals surface area contributed by atoms with E-state index >= 15 is 0 Å². The van der Waals surface area contributed by atoms with Gasteiger partial charge in [-0.25, -0.2) is 0 Å². The molecule has 3 heteroatoms. The summed E-state index contributed by atoms with van der Waals surface area (Å²) in [5, 5.41) is 0. The molecule has 0 bridgehead atoms. The molecule has 0 amide bonds. The van der Waals surface area contributed by atoms with E-state index in [0.717, 1.165) is 36.3 Å². The first-order valence-electron chi connectivity index (χ1n) is 6.01. The van der Waals surface area contributed by atoms with Crippen LogP contribution in [0.4, 0.5) is 0 Å². The van der Waals surface area contributed by atoms with E-state index in [2.05, 4.69) is 0 Å². The molecule has 1 aliphatic carbocycles. The number of carbonyl (C=O) groups is 1. The summed E-state index contributed by atoms with van der Waals surface area (Å²) in [6, 6.07) is 5.66. The van der Waals surface area contributed by atoms with Gasteiger partial charge in [0.25, 0.3) is 0 Å². The Morgan fingerprint density at radius 1 is 1.12 bits per heavy atom. The van der Waals surface area contributed by atoms with Gasteiger partial charge >= 0.3 is 0 Å². The minimum atomic E-state index is -0.0603. The Balaban J connectivity index is 2.44. The Morgan fingerprint density at radius 2 is 1.76 bits per heavy atom.